The summed E-state index contributed by atoms with van der Waals surface area (Å²) in [5.74, 6) is 0.844. The fraction of sp³-hybridized carbons (Fsp3) is 0.250. The van der Waals surface area contributed by atoms with E-state index in [4.69, 9.17) is 4.74 Å². The Morgan fingerprint density at radius 3 is 2.76 bits per heavy atom. The predicted octanol–water partition coefficient (Wildman–Crippen LogP) is 4.50. The lowest BCUT2D eigenvalue weighted by atomic mass is 10.0. The van der Waals surface area contributed by atoms with Gasteiger partial charge in [-0.25, -0.2) is 0 Å². The number of carbonyl (C=O) groups excluding carboxylic acids is 1. The Labute approximate surface area is 146 Å². The molecule has 110 valence electrons. The summed E-state index contributed by atoms with van der Waals surface area (Å²) in [5.41, 5.74) is 3.34. The highest BCUT2D eigenvalue weighted by atomic mass is 127. The van der Waals surface area contributed by atoms with E-state index in [1.165, 1.54) is 0 Å². The van der Waals surface area contributed by atoms with Crippen LogP contribution >= 0.6 is 38.5 Å². The van der Waals surface area contributed by atoms with Gasteiger partial charge in [-0.15, -0.1) is 0 Å². The van der Waals surface area contributed by atoms with Crippen LogP contribution in [0.5, 0.6) is 5.75 Å². The average Bonchev–Trinajstić information content (AvgIpc) is 2.45. The molecule has 0 fully saturated rings. The topological polar surface area (TPSA) is 39.2 Å². The van der Waals surface area contributed by atoms with Gasteiger partial charge in [-0.1, -0.05) is 15.9 Å². The van der Waals surface area contributed by atoms with E-state index in [-0.39, 0.29) is 12.2 Å². The van der Waals surface area contributed by atoms with E-state index in [1.807, 2.05) is 32.0 Å². The van der Waals surface area contributed by atoms with Crippen molar-refractivity contribution in [2.45, 2.75) is 20.3 Å². The van der Waals surface area contributed by atoms with Crippen LogP contribution in [0, 0.1) is 17.4 Å². The van der Waals surface area contributed by atoms with Gasteiger partial charge in [0.25, 0.3) is 0 Å². The molecule has 0 saturated heterocycles. The van der Waals surface area contributed by atoms with E-state index in [2.05, 4.69) is 43.5 Å². The number of pyridine rings is 1. The highest BCUT2D eigenvalue weighted by molar-refractivity contribution is 14.1. The Morgan fingerprint density at radius 1 is 1.38 bits per heavy atom. The number of nitrogens with zero attached hydrogens (tertiary/aromatic N) is 1. The zero-order chi connectivity index (χ0) is 15.6. The molecule has 0 unspecified atom stereocenters. The van der Waals surface area contributed by atoms with Crippen molar-refractivity contribution >= 4 is 44.3 Å². The van der Waals surface area contributed by atoms with Gasteiger partial charge in [0, 0.05) is 30.9 Å². The first kappa shape index (κ1) is 16.4. The van der Waals surface area contributed by atoms with Gasteiger partial charge in [0.05, 0.1) is 19.2 Å². The summed E-state index contributed by atoms with van der Waals surface area (Å²) in [6, 6.07) is 5.73. The first-order valence-electron chi connectivity index (χ1n) is 6.41. The molecule has 0 saturated carbocycles. The first-order chi connectivity index (χ1) is 9.93. The SMILES string of the molecule is COc1c(C)cnc(CC(=O)c2cc(I)ccc2Br)c1C. The zero-order valence-electron chi connectivity index (χ0n) is 12.0. The largest absolute Gasteiger partial charge is 0.496 e. The van der Waals surface area contributed by atoms with Gasteiger partial charge in [0.15, 0.2) is 5.78 Å². The molecule has 3 nitrogen and oxygen atoms in total. The average molecular weight is 460 g/mol. The molecule has 0 N–H and O–H groups in total. The van der Waals surface area contributed by atoms with Crippen molar-refractivity contribution in [1.82, 2.24) is 4.98 Å². The minimum Gasteiger partial charge on any atom is -0.496 e. The number of rotatable bonds is 4. The fourth-order valence-electron chi connectivity index (χ4n) is 2.21. The summed E-state index contributed by atoms with van der Waals surface area (Å²) >= 11 is 5.63. The van der Waals surface area contributed by atoms with Crippen molar-refractivity contribution in [3.8, 4) is 5.75 Å². The fourth-order valence-corrected chi connectivity index (χ4v) is 3.17. The molecule has 0 radical (unpaired) electrons. The Hall–Kier alpha value is -0.950. The van der Waals surface area contributed by atoms with Crippen molar-refractivity contribution in [1.29, 1.82) is 0 Å². The molecule has 21 heavy (non-hydrogen) atoms. The summed E-state index contributed by atoms with van der Waals surface area (Å²) in [6.07, 6.45) is 2.01. The van der Waals surface area contributed by atoms with Crippen LogP contribution in [-0.2, 0) is 6.42 Å². The van der Waals surface area contributed by atoms with Crippen LogP contribution in [0.2, 0.25) is 0 Å². The third-order valence-corrected chi connectivity index (χ3v) is 4.67. The highest BCUT2D eigenvalue weighted by Crippen LogP contribution is 2.26. The van der Waals surface area contributed by atoms with Crippen LogP contribution in [-0.4, -0.2) is 17.9 Å². The van der Waals surface area contributed by atoms with E-state index < -0.39 is 0 Å². The molecular weight excluding hydrogens is 445 g/mol. The molecule has 1 aromatic heterocycles. The minimum atomic E-state index is 0.0434. The molecule has 0 aliphatic heterocycles. The highest BCUT2D eigenvalue weighted by Gasteiger charge is 2.16. The van der Waals surface area contributed by atoms with Crippen LogP contribution in [0.25, 0.3) is 0 Å². The Morgan fingerprint density at radius 2 is 2.10 bits per heavy atom. The number of Topliss-reactive ketones (excluding diaryl/α,β-unsaturated/α-hetero) is 1. The molecule has 0 bridgehead atoms. The molecular formula is C16H15BrINO2. The maximum absolute atomic E-state index is 12.5. The molecule has 2 aromatic rings. The molecule has 1 aromatic carbocycles. The summed E-state index contributed by atoms with van der Waals surface area (Å²) in [4.78, 5) is 16.9. The number of hydrogen-bond donors (Lipinski definition) is 0. The smallest absolute Gasteiger partial charge is 0.169 e. The van der Waals surface area contributed by atoms with Gasteiger partial charge in [-0.3, -0.25) is 9.78 Å². The quantitative estimate of drug-likeness (QED) is 0.499. The number of carbonyl (C=O) groups is 1. The van der Waals surface area contributed by atoms with Crippen LogP contribution in [0.15, 0.2) is 28.9 Å². The van der Waals surface area contributed by atoms with E-state index in [9.17, 15) is 4.79 Å². The van der Waals surface area contributed by atoms with Crippen LogP contribution < -0.4 is 4.74 Å². The Balaban J connectivity index is 2.34. The van der Waals surface area contributed by atoms with Gasteiger partial charge < -0.3 is 4.74 Å². The normalized spacial score (nSPS) is 10.5. The standard InChI is InChI=1S/C16H15BrINO2/c1-9-8-19-14(10(2)16(9)21-3)7-15(20)12-6-11(18)4-5-13(12)17/h4-6,8H,7H2,1-3H3. The third-order valence-electron chi connectivity index (χ3n) is 3.31. The first-order valence-corrected chi connectivity index (χ1v) is 8.28. The molecule has 0 atom stereocenters. The number of aromatic nitrogens is 1. The summed E-state index contributed by atoms with van der Waals surface area (Å²) in [6.45, 7) is 3.88. The molecule has 5 heteroatoms. The number of hydrogen-bond acceptors (Lipinski definition) is 3. The number of ether oxygens (including phenoxy) is 1. The summed E-state index contributed by atoms with van der Waals surface area (Å²) in [5, 5.41) is 0. The van der Waals surface area contributed by atoms with Crippen LogP contribution in [0.1, 0.15) is 27.2 Å². The van der Waals surface area contributed by atoms with Crippen molar-refractivity contribution in [3.05, 3.63) is 54.8 Å². The lowest BCUT2D eigenvalue weighted by molar-refractivity contribution is 0.0991. The number of benzene rings is 1. The van der Waals surface area contributed by atoms with Gasteiger partial charge in [-0.2, -0.15) is 0 Å². The maximum atomic E-state index is 12.5. The van der Waals surface area contributed by atoms with E-state index >= 15 is 0 Å². The van der Waals surface area contributed by atoms with Crippen molar-refractivity contribution in [2.24, 2.45) is 0 Å². The summed E-state index contributed by atoms with van der Waals surface area (Å²) in [7, 11) is 1.64. The van der Waals surface area contributed by atoms with Gasteiger partial charge >= 0.3 is 0 Å². The molecule has 1 heterocycles. The van der Waals surface area contributed by atoms with Crippen molar-refractivity contribution in [2.75, 3.05) is 7.11 Å². The molecule has 0 aliphatic rings. The Kier molecular flexibility index (Phi) is 5.37. The monoisotopic (exact) mass is 459 g/mol. The van der Waals surface area contributed by atoms with Crippen molar-refractivity contribution in [3.63, 3.8) is 0 Å². The van der Waals surface area contributed by atoms with E-state index in [0.717, 1.165) is 30.6 Å². The van der Waals surface area contributed by atoms with Crippen LogP contribution in [0.4, 0.5) is 0 Å². The number of methoxy groups -OCH3 is 1. The van der Waals surface area contributed by atoms with Crippen LogP contribution in [0.3, 0.4) is 0 Å². The molecule has 0 aliphatic carbocycles. The second-order valence-electron chi connectivity index (χ2n) is 4.77. The molecule has 0 amide bonds. The van der Waals surface area contributed by atoms with Gasteiger partial charge in [0.1, 0.15) is 5.75 Å². The molecule has 2 rings (SSSR count). The van der Waals surface area contributed by atoms with E-state index in [0.29, 0.717) is 5.56 Å². The lowest BCUT2D eigenvalue weighted by Crippen LogP contribution is -2.09. The Bertz CT molecular complexity index is 701. The predicted molar refractivity (Wildman–Crippen MR) is 95.2 cm³/mol. The van der Waals surface area contributed by atoms with Gasteiger partial charge in [-0.05, 0) is 54.6 Å². The lowest BCUT2D eigenvalue weighted by Gasteiger charge is -2.12. The second kappa shape index (κ2) is 6.87. The number of aryl methyl sites for hydroxylation is 1. The van der Waals surface area contributed by atoms with Gasteiger partial charge in [0.2, 0.25) is 0 Å². The van der Waals surface area contributed by atoms with E-state index in [1.54, 1.807) is 13.3 Å². The van der Waals surface area contributed by atoms with Crippen molar-refractivity contribution < 1.29 is 9.53 Å². The number of halogens is 2. The second-order valence-corrected chi connectivity index (χ2v) is 6.87. The maximum Gasteiger partial charge on any atom is 0.169 e. The number of ketones is 1. The molecule has 0 spiro atoms. The zero-order valence-corrected chi connectivity index (χ0v) is 15.8. The third kappa shape index (κ3) is 3.63. The summed E-state index contributed by atoms with van der Waals surface area (Å²) < 4.78 is 7.23. The minimum absolute atomic E-state index is 0.0434.